The minimum atomic E-state index is -0.480. The molecule has 0 radical (unpaired) electrons. The van der Waals surface area contributed by atoms with Gasteiger partial charge in [-0.3, -0.25) is 4.79 Å². The maximum absolute atomic E-state index is 13.2. The molecule has 4 rings (SSSR count). The SMILES string of the molecule is CC(C)C[C@@H](Nc1cc(-c2nccs2)nc(NCc2cccc(Cl)c2)n1)C(=O)NCc1ccc(Cl)cc1. The smallest absolute Gasteiger partial charge is 0.242 e. The van der Waals surface area contributed by atoms with E-state index in [0.29, 0.717) is 52.9 Å². The number of anilines is 2. The van der Waals surface area contributed by atoms with Crippen LogP contribution in [0.15, 0.2) is 66.2 Å². The Bertz CT molecular complexity index is 1310. The summed E-state index contributed by atoms with van der Waals surface area (Å²) in [5.41, 5.74) is 2.65. The zero-order valence-corrected chi connectivity index (χ0v) is 22.9. The molecule has 1 amide bonds. The molecule has 7 nitrogen and oxygen atoms in total. The van der Waals surface area contributed by atoms with E-state index in [-0.39, 0.29) is 5.91 Å². The molecule has 0 aliphatic rings. The Morgan fingerprint density at radius 2 is 1.78 bits per heavy atom. The van der Waals surface area contributed by atoms with E-state index in [1.54, 1.807) is 6.20 Å². The average molecular weight is 556 g/mol. The monoisotopic (exact) mass is 554 g/mol. The molecule has 0 aliphatic heterocycles. The van der Waals surface area contributed by atoms with Gasteiger partial charge in [0.1, 0.15) is 22.6 Å². The standard InChI is InChI=1S/C27H28Cl2N6OS/c1-17(2)12-22(25(36)31-15-18-6-8-20(28)9-7-18)33-24-14-23(26-30-10-11-37-26)34-27(35-24)32-16-19-4-3-5-21(29)13-19/h3-11,13-14,17,22H,12,15-16H2,1-2H3,(H,31,36)(H2,32,33,34,35)/t22-/m1/s1. The lowest BCUT2D eigenvalue weighted by Gasteiger charge is -2.21. The first kappa shape index (κ1) is 26.9. The van der Waals surface area contributed by atoms with Gasteiger partial charge in [0.05, 0.1) is 0 Å². The molecule has 192 valence electrons. The van der Waals surface area contributed by atoms with Crippen LogP contribution >= 0.6 is 34.5 Å². The molecule has 3 N–H and O–H groups in total. The number of amides is 1. The molecule has 2 aromatic carbocycles. The third-order valence-corrected chi connectivity index (χ3v) is 6.73. The number of nitrogens with one attached hydrogen (secondary N) is 3. The number of rotatable bonds is 11. The molecule has 0 spiro atoms. The van der Waals surface area contributed by atoms with Crippen molar-refractivity contribution in [2.45, 2.75) is 39.4 Å². The highest BCUT2D eigenvalue weighted by Crippen LogP contribution is 2.25. The molecule has 0 aliphatic carbocycles. The van der Waals surface area contributed by atoms with E-state index in [0.717, 1.165) is 16.1 Å². The fraction of sp³-hybridized carbons (Fsp3) is 0.259. The Kier molecular flexibility index (Phi) is 9.33. The Balaban J connectivity index is 1.53. The molecule has 4 aromatic rings. The molecule has 0 saturated carbocycles. The zero-order chi connectivity index (χ0) is 26.2. The maximum atomic E-state index is 13.2. The van der Waals surface area contributed by atoms with Crippen molar-refractivity contribution in [2.24, 2.45) is 5.92 Å². The van der Waals surface area contributed by atoms with Crippen molar-refractivity contribution in [1.82, 2.24) is 20.3 Å². The van der Waals surface area contributed by atoms with E-state index in [1.165, 1.54) is 11.3 Å². The van der Waals surface area contributed by atoms with Gasteiger partial charge in [-0.05, 0) is 47.7 Å². The van der Waals surface area contributed by atoms with Crippen molar-refractivity contribution in [1.29, 1.82) is 0 Å². The second-order valence-corrected chi connectivity index (χ2v) is 10.7. The van der Waals surface area contributed by atoms with Crippen LogP contribution in [0.3, 0.4) is 0 Å². The van der Waals surface area contributed by atoms with E-state index in [4.69, 9.17) is 23.2 Å². The van der Waals surface area contributed by atoms with Crippen LogP contribution in [0.1, 0.15) is 31.4 Å². The summed E-state index contributed by atoms with van der Waals surface area (Å²) in [4.78, 5) is 26.9. The van der Waals surface area contributed by atoms with Gasteiger partial charge in [0.15, 0.2) is 0 Å². The van der Waals surface area contributed by atoms with Crippen LogP contribution in [0.2, 0.25) is 10.0 Å². The predicted molar refractivity (Wildman–Crippen MR) is 152 cm³/mol. The molecular weight excluding hydrogens is 527 g/mol. The first-order valence-corrected chi connectivity index (χ1v) is 13.5. The van der Waals surface area contributed by atoms with Crippen LogP contribution in [0.25, 0.3) is 10.7 Å². The lowest BCUT2D eigenvalue weighted by molar-refractivity contribution is -0.122. The van der Waals surface area contributed by atoms with Crippen molar-refractivity contribution in [3.8, 4) is 10.7 Å². The molecule has 0 saturated heterocycles. The van der Waals surface area contributed by atoms with Crippen LogP contribution in [-0.4, -0.2) is 26.9 Å². The number of aromatic nitrogens is 3. The average Bonchev–Trinajstić information content (AvgIpc) is 3.42. The Morgan fingerprint density at radius 1 is 0.973 bits per heavy atom. The Labute approximate surface area is 230 Å². The fourth-order valence-electron chi connectivity index (χ4n) is 3.68. The minimum Gasteiger partial charge on any atom is -0.358 e. The van der Waals surface area contributed by atoms with Crippen LogP contribution in [0.5, 0.6) is 0 Å². The number of nitrogens with zero attached hydrogens (tertiary/aromatic N) is 3. The third-order valence-electron chi connectivity index (χ3n) is 5.44. The zero-order valence-electron chi connectivity index (χ0n) is 20.5. The summed E-state index contributed by atoms with van der Waals surface area (Å²) >= 11 is 13.6. The first-order chi connectivity index (χ1) is 17.9. The molecular formula is C27H28Cl2N6OS. The second-order valence-electron chi connectivity index (χ2n) is 8.95. The quantitative estimate of drug-likeness (QED) is 0.192. The highest BCUT2D eigenvalue weighted by atomic mass is 35.5. The lowest BCUT2D eigenvalue weighted by atomic mass is 10.0. The predicted octanol–water partition coefficient (Wildman–Crippen LogP) is 6.66. The summed E-state index contributed by atoms with van der Waals surface area (Å²) in [7, 11) is 0. The summed E-state index contributed by atoms with van der Waals surface area (Å²) < 4.78 is 0. The molecule has 2 aromatic heterocycles. The molecule has 37 heavy (non-hydrogen) atoms. The highest BCUT2D eigenvalue weighted by Gasteiger charge is 2.21. The number of benzene rings is 2. The highest BCUT2D eigenvalue weighted by molar-refractivity contribution is 7.13. The van der Waals surface area contributed by atoms with Gasteiger partial charge in [-0.25, -0.2) is 9.97 Å². The summed E-state index contributed by atoms with van der Waals surface area (Å²) in [5.74, 6) is 1.16. The molecule has 2 heterocycles. The number of halogens is 2. The van der Waals surface area contributed by atoms with Gasteiger partial charge in [-0.1, -0.05) is 61.3 Å². The minimum absolute atomic E-state index is 0.105. The molecule has 0 fully saturated rings. The van der Waals surface area contributed by atoms with E-state index in [2.05, 4.69) is 44.7 Å². The largest absolute Gasteiger partial charge is 0.358 e. The summed E-state index contributed by atoms with van der Waals surface area (Å²) in [6.07, 6.45) is 2.37. The number of hydrogen-bond donors (Lipinski definition) is 3. The molecule has 1 atom stereocenters. The van der Waals surface area contributed by atoms with Crippen molar-refractivity contribution >= 4 is 52.2 Å². The van der Waals surface area contributed by atoms with Crippen molar-refractivity contribution in [2.75, 3.05) is 10.6 Å². The van der Waals surface area contributed by atoms with Gasteiger partial charge in [0.25, 0.3) is 0 Å². The number of hydrogen-bond acceptors (Lipinski definition) is 7. The first-order valence-electron chi connectivity index (χ1n) is 11.9. The van der Waals surface area contributed by atoms with Crippen LogP contribution < -0.4 is 16.0 Å². The lowest BCUT2D eigenvalue weighted by Crippen LogP contribution is -2.40. The van der Waals surface area contributed by atoms with Gasteiger partial charge in [-0.2, -0.15) is 4.98 Å². The number of thiazole rings is 1. The van der Waals surface area contributed by atoms with E-state index in [9.17, 15) is 4.79 Å². The summed E-state index contributed by atoms with van der Waals surface area (Å²) in [6, 6.07) is 16.4. The van der Waals surface area contributed by atoms with Crippen molar-refractivity contribution < 1.29 is 4.79 Å². The van der Waals surface area contributed by atoms with E-state index < -0.39 is 6.04 Å². The fourth-order valence-corrected chi connectivity index (χ4v) is 4.62. The van der Waals surface area contributed by atoms with Gasteiger partial charge in [-0.15, -0.1) is 11.3 Å². The maximum Gasteiger partial charge on any atom is 0.242 e. The van der Waals surface area contributed by atoms with Crippen LogP contribution in [0.4, 0.5) is 11.8 Å². The van der Waals surface area contributed by atoms with Gasteiger partial charge in [0, 0.05) is 40.8 Å². The molecule has 0 unspecified atom stereocenters. The number of carbonyl (C=O) groups excluding carboxylic acids is 1. The van der Waals surface area contributed by atoms with Gasteiger partial charge in [0.2, 0.25) is 11.9 Å². The second kappa shape index (κ2) is 12.9. The topological polar surface area (TPSA) is 91.8 Å². The van der Waals surface area contributed by atoms with E-state index >= 15 is 0 Å². The normalized spacial score (nSPS) is 11.8. The van der Waals surface area contributed by atoms with Gasteiger partial charge >= 0.3 is 0 Å². The van der Waals surface area contributed by atoms with Crippen molar-refractivity contribution in [3.05, 3.63) is 87.3 Å². The van der Waals surface area contributed by atoms with E-state index in [1.807, 2.05) is 60.0 Å². The summed E-state index contributed by atoms with van der Waals surface area (Å²) in [5, 5.41) is 13.6. The van der Waals surface area contributed by atoms with Crippen LogP contribution in [0, 0.1) is 5.92 Å². The molecule has 10 heteroatoms. The third kappa shape index (κ3) is 8.15. The number of carbonyl (C=O) groups is 1. The summed E-state index contributed by atoms with van der Waals surface area (Å²) in [6.45, 7) is 5.07. The van der Waals surface area contributed by atoms with Gasteiger partial charge < -0.3 is 16.0 Å². The Hall–Kier alpha value is -3.20. The Morgan fingerprint density at radius 3 is 2.49 bits per heavy atom. The molecule has 0 bridgehead atoms. The van der Waals surface area contributed by atoms with Crippen LogP contribution in [-0.2, 0) is 17.9 Å². The van der Waals surface area contributed by atoms with Crippen molar-refractivity contribution in [3.63, 3.8) is 0 Å².